The first-order chi connectivity index (χ1) is 11.2. The number of nitrogens with two attached hydrogens (primary N) is 1. The molecule has 3 N–H and O–H groups in total. The number of anilines is 1. The Kier molecular flexibility index (Phi) is 6.63. The molecule has 0 saturated heterocycles. The number of benzene rings is 2. The van der Waals surface area contributed by atoms with Crippen molar-refractivity contribution in [3.05, 3.63) is 66.2 Å². The van der Waals surface area contributed by atoms with E-state index in [4.69, 9.17) is 5.73 Å². The first-order valence-electron chi connectivity index (χ1n) is 8.00. The van der Waals surface area contributed by atoms with Gasteiger partial charge in [0.05, 0.1) is 6.04 Å². The number of hydrogen-bond donors (Lipinski definition) is 2. The van der Waals surface area contributed by atoms with Gasteiger partial charge in [-0.3, -0.25) is 4.79 Å². The Labute approximate surface area is 138 Å². The zero-order valence-electron chi connectivity index (χ0n) is 13.6. The van der Waals surface area contributed by atoms with E-state index < -0.39 is 6.04 Å². The third-order valence-electron chi connectivity index (χ3n) is 3.80. The molecule has 2 rings (SSSR count). The molecular formula is C19H25N3O. The first kappa shape index (κ1) is 17.0. The number of carbonyl (C=O) groups excluding carboxylic acids is 1. The molecule has 2 aromatic carbocycles. The average Bonchev–Trinajstić information content (AvgIpc) is 2.60. The molecule has 1 amide bonds. The molecule has 0 aliphatic carbocycles. The molecule has 4 nitrogen and oxygen atoms in total. The van der Waals surface area contributed by atoms with Crippen LogP contribution in [0, 0.1) is 0 Å². The van der Waals surface area contributed by atoms with Gasteiger partial charge in [-0.05, 0) is 30.5 Å². The van der Waals surface area contributed by atoms with Crippen LogP contribution in [0.25, 0.3) is 0 Å². The second-order valence-electron chi connectivity index (χ2n) is 5.70. The van der Waals surface area contributed by atoms with Crippen molar-refractivity contribution in [2.75, 3.05) is 25.0 Å². The molecule has 0 aliphatic heterocycles. The minimum absolute atomic E-state index is 0.0868. The lowest BCUT2D eigenvalue weighted by atomic mass is 10.1. The number of hydrogen-bond acceptors (Lipinski definition) is 3. The van der Waals surface area contributed by atoms with Crippen LogP contribution in [0.15, 0.2) is 60.7 Å². The molecule has 0 saturated carbocycles. The van der Waals surface area contributed by atoms with Crippen molar-refractivity contribution in [2.24, 2.45) is 5.73 Å². The normalized spacial score (nSPS) is 11.7. The summed E-state index contributed by atoms with van der Waals surface area (Å²) in [6.07, 6.45) is 1.45. The molecule has 23 heavy (non-hydrogen) atoms. The summed E-state index contributed by atoms with van der Waals surface area (Å²) < 4.78 is 0. The van der Waals surface area contributed by atoms with E-state index in [2.05, 4.69) is 29.4 Å². The first-order valence-corrected chi connectivity index (χ1v) is 8.00. The van der Waals surface area contributed by atoms with Gasteiger partial charge in [-0.1, -0.05) is 48.5 Å². The second kappa shape index (κ2) is 8.96. The van der Waals surface area contributed by atoms with Gasteiger partial charge < -0.3 is 16.0 Å². The van der Waals surface area contributed by atoms with E-state index in [1.807, 2.05) is 48.5 Å². The second-order valence-corrected chi connectivity index (χ2v) is 5.70. The van der Waals surface area contributed by atoms with E-state index in [-0.39, 0.29) is 5.91 Å². The van der Waals surface area contributed by atoms with Gasteiger partial charge in [0.25, 0.3) is 0 Å². The predicted molar refractivity (Wildman–Crippen MR) is 95.5 cm³/mol. The summed E-state index contributed by atoms with van der Waals surface area (Å²) in [6, 6.07) is 19.6. The summed E-state index contributed by atoms with van der Waals surface area (Å²) in [5.41, 5.74) is 8.22. The highest BCUT2D eigenvalue weighted by atomic mass is 16.2. The molecule has 0 heterocycles. The van der Waals surface area contributed by atoms with Crippen LogP contribution in [-0.2, 0) is 11.2 Å². The molecule has 1 unspecified atom stereocenters. The summed E-state index contributed by atoms with van der Waals surface area (Å²) in [7, 11) is 2.05. The number of nitrogens with zero attached hydrogens (tertiary/aromatic N) is 1. The van der Waals surface area contributed by atoms with E-state index in [0.29, 0.717) is 13.0 Å². The van der Waals surface area contributed by atoms with Gasteiger partial charge >= 0.3 is 0 Å². The Balaban J connectivity index is 1.66. The maximum absolute atomic E-state index is 12.0. The number of carbonyl (C=O) groups is 1. The summed E-state index contributed by atoms with van der Waals surface area (Å²) in [4.78, 5) is 14.2. The van der Waals surface area contributed by atoms with Gasteiger partial charge in [0.2, 0.25) is 5.91 Å². The van der Waals surface area contributed by atoms with Crippen LogP contribution in [0.1, 0.15) is 12.0 Å². The van der Waals surface area contributed by atoms with Crippen LogP contribution in [0.4, 0.5) is 5.69 Å². The van der Waals surface area contributed by atoms with E-state index in [1.165, 1.54) is 5.69 Å². The lowest BCUT2D eigenvalue weighted by molar-refractivity contribution is -0.122. The fourth-order valence-corrected chi connectivity index (χ4v) is 2.43. The van der Waals surface area contributed by atoms with Gasteiger partial charge in [-0.2, -0.15) is 0 Å². The summed E-state index contributed by atoms with van der Waals surface area (Å²) in [6.45, 7) is 1.52. The monoisotopic (exact) mass is 311 g/mol. The SMILES string of the molecule is CN(CCCNC(=O)C(N)Cc1ccccc1)c1ccccc1. The van der Waals surface area contributed by atoms with E-state index in [1.54, 1.807) is 0 Å². The molecule has 0 fully saturated rings. The summed E-state index contributed by atoms with van der Waals surface area (Å²) in [5.74, 6) is -0.0868. The molecule has 0 radical (unpaired) electrons. The Bertz CT molecular complexity index is 586. The van der Waals surface area contributed by atoms with E-state index >= 15 is 0 Å². The van der Waals surface area contributed by atoms with Gasteiger partial charge in [0.15, 0.2) is 0 Å². The topological polar surface area (TPSA) is 58.4 Å². The van der Waals surface area contributed by atoms with Crippen molar-refractivity contribution in [1.29, 1.82) is 0 Å². The fourth-order valence-electron chi connectivity index (χ4n) is 2.43. The third-order valence-corrected chi connectivity index (χ3v) is 3.80. The highest BCUT2D eigenvalue weighted by Gasteiger charge is 2.13. The maximum Gasteiger partial charge on any atom is 0.237 e. The van der Waals surface area contributed by atoms with E-state index in [0.717, 1.165) is 18.5 Å². The van der Waals surface area contributed by atoms with Crippen LogP contribution < -0.4 is 16.0 Å². The standard InChI is InChI=1S/C19H25N3O/c1-22(17-11-6-3-7-12-17)14-8-13-21-19(23)18(20)15-16-9-4-2-5-10-16/h2-7,9-12,18H,8,13-15,20H2,1H3,(H,21,23). The smallest absolute Gasteiger partial charge is 0.237 e. The molecule has 0 aromatic heterocycles. The molecule has 122 valence electrons. The third kappa shape index (κ3) is 5.75. The van der Waals surface area contributed by atoms with Crippen molar-refractivity contribution in [1.82, 2.24) is 5.32 Å². The highest BCUT2D eigenvalue weighted by molar-refractivity contribution is 5.81. The number of nitrogens with one attached hydrogen (secondary N) is 1. The van der Waals surface area contributed by atoms with Crippen LogP contribution in [0.2, 0.25) is 0 Å². The van der Waals surface area contributed by atoms with Crippen molar-refractivity contribution in [3.8, 4) is 0 Å². The van der Waals surface area contributed by atoms with Gasteiger partial charge in [0.1, 0.15) is 0 Å². The largest absolute Gasteiger partial charge is 0.375 e. The molecular weight excluding hydrogens is 286 g/mol. The van der Waals surface area contributed by atoms with Crippen LogP contribution in [-0.4, -0.2) is 32.1 Å². The van der Waals surface area contributed by atoms with Gasteiger partial charge in [-0.15, -0.1) is 0 Å². The number of para-hydroxylation sites is 1. The lowest BCUT2D eigenvalue weighted by Gasteiger charge is -2.19. The quantitative estimate of drug-likeness (QED) is 0.735. The Morgan fingerprint density at radius 3 is 2.35 bits per heavy atom. The zero-order chi connectivity index (χ0) is 16.5. The number of amides is 1. The Morgan fingerprint density at radius 2 is 1.70 bits per heavy atom. The molecule has 0 aliphatic rings. The summed E-state index contributed by atoms with van der Waals surface area (Å²) in [5, 5.41) is 2.92. The molecule has 2 aromatic rings. The summed E-state index contributed by atoms with van der Waals surface area (Å²) >= 11 is 0. The molecule has 4 heteroatoms. The minimum atomic E-state index is -0.496. The molecule has 0 spiro atoms. The number of rotatable bonds is 8. The average molecular weight is 311 g/mol. The minimum Gasteiger partial charge on any atom is -0.375 e. The Morgan fingerprint density at radius 1 is 1.09 bits per heavy atom. The zero-order valence-corrected chi connectivity index (χ0v) is 13.6. The van der Waals surface area contributed by atoms with Gasteiger partial charge in [-0.25, -0.2) is 0 Å². The fraction of sp³-hybridized carbons (Fsp3) is 0.316. The van der Waals surface area contributed by atoms with Crippen LogP contribution >= 0.6 is 0 Å². The van der Waals surface area contributed by atoms with Crippen LogP contribution in [0.3, 0.4) is 0 Å². The van der Waals surface area contributed by atoms with Gasteiger partial charge in [0, 0.05) is 25.8 Å². The van der Waals surface area contributed by atoms with Crippen LogP contribution in [0.5, 0.6) is 0 Å². The van der Waals surface area contributed by atoms with Crippen molar-refractivity contribution in [2.45, 2.75) is 18.9 Å². The van der Waals surface area contributed by atoms with Crippen molar-refractivity contribution in [3.63, 3.8) is 0 Å². The predicted octanol–water partition coefficient (Wildman–Crippen LogP) is 2.20. The maximum atomic E-state index is 12.0. The van der Waals surface area contributed by atoms with Crippen molar-refractivity contribution >= 4 is 11.6 Å². The molecule has 0 bridgehead atoms. The molecule has 1 atom stereocenters. The highest BCUT2D eigenvalue weighted by Crippen LogP contribution is 2.10. The Hall–Kier alpha value is -2.33. The van der Waals surface area contributed by atoms with E-state index in [9.17, 15) is 4.79 Å². The lowest BCUT2D eigenvalue weighted by Crippen LogP contribution is -2.42. The van der Waals surface area contributed by atoms with Crippen molar-refractivity contribution < 1.29 is 4.79 Å².